The predicted molar refractivity (Wildman–Crippen MR) is 96.1 cm³/mol. The molecule has 9 heteroatoms. The van der Waals surface area contributed by atoms with Crippen LogP contribution in [-0.2, 0) is 14.1 Å². The summed E-state index contributed by atoms with van der Waals surface area (Å²) in [6.45, 7) is 0. The zero-order valence-corrected chi connectivity index (χ0v) is 13.6. The van der Waals surface area contributed by atoms with Crippen LogP contribution in [0.2, 0.25) is 0 Å². The van der Waals surface area contributed by atoms with E-state index in [9.17, 15) is 9.59 Å². The van der Waals surface area contributed by atoms with Crippen LogP contribution in [0.1, 0.15) is 5.56 Å². The van der Waals surface area contributed by atoms with Gasteiger partial charge in [-0.3, -0.25) is 13.9 Å². The highest BCUT2D eigenvalue weighted by Gasteiger charge is 2.12. The van der Waals surface area contributed by atoms with E-state index in [0.29, 0.717) is 0 Å². The molecule has 0 saturated heterocycles. The molecule has 0 unspecified atom stereocenters. The SMILES string of the molecule is Cn1c(=O)c2[nH]c(N/N=C/c3c[nH]c4ccccc34)nc2n(C)c1=O. The van der Waals surface area contributed by atoms with Crippen LogP contribution in [-0.4, -0.2) is 30.3 Å². The number of H-pyrrole nitrogens is 2. The number of fused-ring (bicyclic) bond motifs is 2. The molecule has 0 atom stereocenters. The van der Waals surface area contributed by atoms with Crippen molar-refractivity contribution >= 4 is 34.2 Å². The number of anilines is 1. The van der Waals surface area contributed by atoms with E-state index in [4.69, 9.17) is 0 Å². The Hall–Kier alpha value is -3.62. The van der Waals surface area contributed by atoms with Crippen molar-refractivity contribution in [2.24, 2.45) is 19.2 Å². The first-order valence-electron chi connectivity index (χ1n) is 7.57. The van der Waals surface area contributed by atoms with Crippen molar-refractivity contribution in [2.75, 3.05) is 5.43 Å². The number of benzene rings is 1. The number of nitrogens with one attached hydrogen (secondary N) is 3. The first kappa shape index (κ1) is 14.9. The molecule has 4 aromatic rings. The van der Waals surface area contributed by atoms with Crippen LogP contribution >= 0.6 is 0 Å². The van der Waals surface area contributed by atoms with E-state index in [-0.39, 0.29) is 17.1 Å². The number of hydrogen-bond donors (Lipinski definition) is 3. The molecule has 3 heterocycles. The molecule has 0 fully saturated rings. The monoisotopic (exact) mass is 337 g/mol. The number of imidazole rings is 1. The Morgan fingerprint density at radius 1 is 1.20 bits per heavy atom. The lowest BCUT2D eigenvalue weighted by Crippen LogP contribution is -2.36. The summed E-state index contributed by atoms with van der Waals surface area (Å²) in [5.41, 5.74) is 4.35. The van der Waals surface area contributed by atoms with Gasteiger partial charge in [-0.05, 0) is 6.07 Å². The Morgan fingerprint density at radius 3 is 2.84 bits per heavy atom. The Bertz CT molecular complexity index is 1240. The van der Waals surface area contributed by atoms with Crippen LogP contribution in [0.4, 0.5) is 5.95 Å². The Kier molecular flexibility index (Phi) is 3.27. The van der Waals surface area contributed by atoms with E-state index >= 15 is 0 Å². The second-order valence-corrected chi connectivity index (χ2v) is 5.65. The van der Waals surface area contributed by atoms with Crippen molar-refractivity contribution in [3.8, 4) is 0 Å². The number of aryl methyl sites for hydroxylation is 1. The molecule has 126 valence electrons. The zero-order valence-electron chi connectivity index (χ0n) is 13.6. The van der Waals surface area contributed by atoms with Gasteiger partial charge in [0.15, 0.2) is 11.2 Å². The van der Waals surface area contributed by atoms with Gasteiger partial charge in [-0.25, -0.2) is 10.2 Å². The lowest BCUT2D eigenvalue weighted by molar-refractivity contribution is 0.709. The average Bonchev–Trinajstić information content (AvgIpc) is 3.23. The lowest BCUT2D eigenvalue weighted by atomic mass is 10.2. The molecule has 0 aliphatic heterocycles. The molecular weight excluding hydrogens is 322 g/mol. The fraction of sp³-hybridized carbons (Fsp3) is 0.125. The minimum absolute atomic E-state index is 0.245. The third kappa shape index (κ3) is 2.33. The van der Waals surface area contributed by atoms with Crippen LogP contribution < -0.4 is 16.7 Å². The number of hydrogen-bond acceptors (Lipinski definition) is 5. The molecule has 1 aromatic carbocycles. The minimum atomic E-state index is -0.433. The first-order chi connectivity index (χ1) is 12.1. The van der Waals surface area contributed by atoms with Crippen LogP contribution in [0.3, 0.4) is 0 Å². The predicted octanol–water partition coefficient (Wildman–Crippen LogP) is 0.888. The third-order valence-electron chi connectivity index (χ3n) is 4.09. The third-order valence-corrected chi connectivity index (χ3v) is 4.09. The standard InChI is InChI=1S/C16H15N7O2/c1-22-13-12(14(24)23(2)16(22)25)19-15(20-13)21-18-8-9-7-17-11-6-4-3-5-10(9)11/h3-8,17H,1-2H3,(H2,19,20,21)/b18-8+. The van der Waals surface area contributed by atoms with Gasteiger partial charge in [0.2, 0.25) is 5.95 Å². The maximum Gasteiger partial charge on any atom is 0.332 e. The van der Waals surface area contributed by atoms with Gasteiger partial charge in [0, 0.05) is 36.8 Å². The summed E-state index contributed by atoms with van der Waals surface area (Å²) in [7, 11) is 2.98. The second kappa shape index (κ2) is 5.48. The lowest BCUT2D eigenvalue weighted by Gasteiger charge is -2.00. The maximum absolute atomic E-state index is 12.1. The van der Waals surface area contributed by atoms with Gasteiger partial charge < -0.3 is 9.97 Å². The molecule has 0 saturated carbocycles. The number of nitrogens with zero attached hydrogens (tertiary/aromatic N) is 4. The molecule has 3 N–H and O–H groups in total. The van der Waals surface area contributed by atoms with Crippen molar-refractivity contribution in [2.45, 2.75) is 0 Å². The quantitative estimate of drug-likeness (QED) is 0.380. The Morgan fingerprint density at radius 2 is 2.00 bits per heavy atom. The fourth-order valence-corrected chi connectivity index (χ4v) is 2.74. The molecule has 25 heavy (non-hydrogen) atoms. The van der Waals surface area contributed by atoms with E-state index in [1.165, 1.54) is 11.6 Å². The van der Waals surface area contributed by atoms with Gasteiger partial charge in [-0.15, -0.1) is 0 Å². The maximum atomic E-state index is 12.1. The van der Waals surface area contributed by atoms with Crippen LogP contribution in [0.25, 0.3) is 22.1 Å². The molecule has 0 radical (unpaired) electrons. The van der Waals surface area contributed by atoms with Gasteiger partial charge in [-0.2, -0.15) is 10.1 Å². The van der Waals surface area contributed by atoms with Crippen LogP contribution in [0.15, 0.2) is 45.2 Å². The van der Waals surface area contributed by atoms with Gasteiger partial charge >= 0.3 is 5.69 Å². The summed E-state index contributed by atoms with van der Waals surface area (Å²) in [5.74, 6) is 0.282. The van der Waals surface area contributed by atoms with Crippen LogP contribution in [0, 0.1) is 0 Å². The van der Waals surface area contributed by atoms with E-state index in [0.717, 1.165) is 21.0 Å². The zero-order chi connectivity index (χ0) is 17.6. The van der Waals surface area contributed by atoms with E-state index in [1.807, 2.05) is 30.5 Å². The average molecular weight is 337 g/mol. The molecule has 0 amide bonds. The summed E-state index contributed by atoms with van der Waals surface area (Å²) < 4.78 is 2.33. The van der Waals surface area contributed by atoms with Crippen molar-refractivity contribution < 1.29 is 0 Å². The highest BCUT2D eigenvalue weighted by atomic mass is 16.2. The molecule has 0 spiro atoms. The molecule has 4 rings (SSSR count). The Labute approximate surface area is 140 Å². The molecular formula is C16H15N7O2. The summed E-state index contributed by atoms with van der Waals surface area (Å²) in [6.07, 6.45) is 3.51. The number of para-hydroxylation sites is 1. The van der Waals surface area contributed by atoms with Crippen molar-refractivity contribution in [1.29, 1.82) is 0 Å². The van der Waals surface area contributed by atoms with Crippen molar-refractivity contribution in [1.82, 2.24) is 24.1 Å². The summed E-state index contributed by atoms with van der Waals surface area (Å²) in [4.78, 5) is 34.3. The highest BCUT2D eigenvalue weighted by Crippen LogP contribution is 2.16. The van der Waals surface area contributed by atoms with Crippen LogP contribution in [0.5, 0.6) is 0 Å². The fourth-order valence-electron chi connectivity index (χ4n) is 2.74. The van der Waals surface area contributed by atoms with E-state index in [2.05, 4.69) is 25.5 Å². The van der Waals surface area contributed by atoms with Gasteiger partial charge in [0.25, 0.3) is 5.56 Å². The van der Waals surface area contributed by atoms with Crippen molar-refractivity contribution in [3.63, 3.8) is 0 Å². The van der Waals surface area contributed by atoms with Gasteiger partial charge in [0.1, 0.15) is 0 Å². The molecule has 0 aliphatic carbocycles. The second-order valence-electron chi connectivity index (χ2n) is 5.65. The summed E-state index contributed by atoms with van der Waals surface area (Å²) in [5, 5.41) is 5.20. The number of hydrazone groups is 1. The van der Waals surface area contributed by atoms with Gasteiger partial charge in [0.05, 0.1) is 6.21 Å². The first-order valence-corrected chi connectivity index (χ1v) is 7.57. The molecule has 9 nitrogen and oxygen atoms in total. The smallest absolute Gasteiger partial charge is 0.332 e. The van der Waals surface area contributed by atoms with Crippen molar-refractivity contribution in [3.05, 3.63) is 56.9 Å². The number of aromatic amines is 2. The van der Waals surface area contributed by atoms with Gasteiger partial charge in [-0.1, -0.05) is 18.2 Å². The largest absolute Gasteiger partial charge is 0.361 e. The molecule has 0 aliphatic rings. The minimum Gasteiger partial charge on any atom is -0.361 e. The summed E-state index contributed by atoms with van der Waals surface area (Å²) in [6, 6.07) is 7.89. The highest BCUT2D eigenvalue weighted by molar-refractivity contribution is 5.99. The van der Waals surface area contributed by atoms with E-state index in [1.54, 1.807) is 13.3 Å². The molecule has 0 bridgehead atoms. The number of aromatic nitrogens is 5. The Balaban J connectivity index is 1.67. The number of rotatable bonds is 3. The van der Waals surface area contributed by atoms with E-state index < -0.39 is 11.2 Å². The molecule has 3 aromatic heterocycles. The topological polar surface area (TPSA) is 113 Å². The normalized spacial score (nSPS) is 11.8. The summed E-state index contributed by atoms with van der Waals surface area (Å²) >= 11 is 0.